The predicted molar refractivity (Wildman–Crippen MR) is 78.2 cm³/mol. The third-order valence-corrected chi connectivity index (χ3v) is 3.55. The number of rotatable bonds is 4. The van der Waals surface area contributed by atoms with Crippen molar-refractivity contribution < 1.29 is 5.11 Å². The molecule has 2 aromatic rings. The van der Waals surface area contributed by atoms with Gasteiger partial charge in [0.25, 0.3) is 0 Å². The first-order chi connectivity index (χ1) is 9.02. The average Bonchev–Trinajstić information content (AvgIpc) is 2.71. The Labute approximate surface area is 114 Å². The number of aromatic nitrogens is 2. The number of aromatic amines is 1. The highest BCUT2D eigenvalue weighted by Gasteiger charge is 2.20. The van der Waals surface area contributed by atoms with Gasteiger partial charge < -0.3 is 10.1 Å². The van der Waals surface area contributed by atoms with Crippen LogP contribution in [0.15, 0.2) is 24.3 Å². The third-order valence-electron chi connectivity index (χ3n) is 3.55. The summed E-state index contributed by atoms with van der Waals surface area (Å²) >= 11 is 0. The number of nitrogens with zero attached hydrogens (tertiary/aromatic N) is 1. The second-order valence-electron chi connectivity index (χ2n) is 5.50. The van der Waals surface area contributed by atoms with Gasteiger partial charge in [-0.1, -0.05) is 37.6 Å². The minimum atomic E-state index is 0.0669. The van der Waals surface area contributed by atoms with E-state index in [1.807, 2.05) is 13.0 Å². The molecule has 0 aliphatic rings. The molecule has 1 aromatic carbocycles. The quantitative estimate of drug-likeness (QED) is 0.882. The summed E-state index contributed by atoms with van der Waals surface area (Å²) in [5, 5.41) is 9.50. The summed E-state index contributed by atoms with van der Waals surface area (Å²) in [6.07, 6.45) is 0. The maximum atomic E-state index is 9.50. The van der Waals surface area contributed by atoms with Gasteiger partial charge in [-0.25, -0.2) is 4.98 Å². The zero-order valence-corrected chi connectivity index (χ0v) is 12.1. The number of aliphatic hydroxyl groups is 1. The van der Waals surface area contributed by atoms with Gasteiger partial charge >= 0.3 is 0 Å². The number of benzene rings is 1. The van der Waals surface area contributed by atoms with E-state index in [4.69, 9.17) is 4.98 Å². The normalized spacial score (nSPS) is 12.9. The average molecular weight is 258 g/mol. The summed E-state index contributed by atoms with van der Waals surface area (Å²) in [5.74, 6) is 1.31. The molecule has 1 heterocycles. The van der Waals surface area contributed by atoms with E-state index in [-0.39, 0.29) is 12.5 Å². The molecule has 1 unspecified atom stereocenters. The number of imidazole rings is 1. The van der Waals surface area contributed by atoms with Crippen molar-refractivity contribution in [1.82, 2.24) is 9.97 Å². The van der Waals surface area contributed by atoms with Crippen molar-refractivity contribution in [3.8, 4) is 11.3 Å². The number of hydrogen-bond donors (Lipinski definition) is 2. The number of H-pyrrole nitrogens is 1. The van der Waals surface area contributed by atoms with E-state index in [1.165, 1.54) is 5.56 Å². The molecule has 1 aromatic heterocycles. The molecule has 0 bridgehead atoms. The summed E-state index contributed by atoms with van der Waals surface area (Å²) in [5.41, 5.74) is 4.39. The molecule has 2 rings (SSSR count). The summed E-state index contributed by atoms with van der Waals surface area (Å²) < 4.78 is 0. The topological polar surface area (TPSA) is 48.9 Å². The van der Waals surface area contributed by atoms with Crippen LogP contribution >= 0.6 is 0 Å². The lowest BCUT2D eigenvalue weighted by molar-refractivity contribution is 0.232. The zero-order chi connectivity index (χ0) is 14.0. The van der Waals surface area contributed by atoms with E-state index >= 15 is 0 Å². The molecule has 102 valence electrons. The Morgan fingerprint density at radius 1 is 1.26 bits per heavy atom. The Morgan fingerprint density at radius 3 is 2.58 bits per heavy atom. The van der Waals surface area contributed by atoms with Gasteiger partial charge in [0.15, 0.2) is 0 Å². The largest absolute Gasteiger partial charge is 0.396 e. The van der Waals surface area contributed by atoms with Crippen LogP contribution in [0.25, 0.3) is 11.3 Å². The van der Waals surface area contributed by atoms with Crippen molar-refractivity contribution in [1.29, 1.82) is 0 Å². The van der Waals surface area contributed by atoms with Crippen molar-refractivity contribution in [3.05, 3.63) is 41.3 Å². The molecule has 0 fully saturated rings. The fourth-order valence-electron chi connectivity index (χ4n) is 2.35. The molecular formula is C16H22N2O. The molecule has 0 amide bonds. The van der Waals surface area contributed by atoms with Crippen molar-refractivity contribution in [2.45, 2.75) is 33.6 Å². The summed E-state index contributed by atoms with van der Waals surface area (Å²) in [4.78, 5) is 8.02. The van der Waals surface area contributed by atoms with Crippen LogP contribution in [0, 0.1) is 19.8 Å². The molecule has 2 N–H and O–H groups in total. The van der Waals surface area contributed by atoms with Gasteiger partial charge in [-0.2, -0.15) is 0 Å². The van der Waals surface area contributed by atoms with Gasteiger partial charge in [-0.3, -0.25) is 0 Å². The standard InChI is InChI=1S/C16H22N2O/c1-10(2)14(9-19)16-17-12(4)15(18-16)13-7-5-6-11(3)8-13/h5-8,10,14,19H,9H2,1-4H3,(H,17,18). The Balaban J connectivity index is 2.41. The second kappa shape index (κ2) is 5.57. The number of hydrogen-bond acceptors (Lipinski definition) is 2. The van der Waals surface area contributed by atoms with Gasteiger partial charge in [-0.15, -0.1) is 0 Å². The Morgan fingerprint density at radius 2 is 2.00 bits per heavy atom. The molecular weight excluding hydrogens is 236 g/mol. The highest BCUT2D eigenvalue weighted by Crippen LogP contribution is 2.27. The molecule has 0 saturated heterocycles. The van der Waals surface area contributed by atoms with Gasteiger partial charge in [0.2, 0.25) is 0 Å². The molecule has 0 aliphatic heterocycles. The van der Waals surface area contributed by atoms with Gasteiger partial charge in [0.1, 0.15) is 5.82 Å². The molecule has 3 nitrogen and oxygen atoms in total. The lowest BCUT2D eigenvalue weighted by Gasteiger charge is -2.15. The van der Waals surface area contributed by atoms with E-state index in [0.29, 0.717) is 5.92 Å². The minimum Gasteiger partial charge on any atom is -0.396 e. The monoisotopic (exact) mass is 258 g/mol. The molecule has 19 heavy (non-hydrogen) atoms. The Hall–Kier alpha value is -1.61. The van der Waals surface area contributed by atoms with Crippen molar-refractivity contribution in [3.63, 3.8) is 0 Å². The number of aliphatic hydroxyl groups excluding tert-OH is 1. The highest BCUT2D eigenvalue weighted by molar-refractivity contribution is 5.62. The maximum absolute atomic E-state index is 9.50. The summed E-state index contributed by atoms with van der Waals surface area (Å²) in [6, 6.07) is 8.33. The zero-order valence-electron chi connectivity index (χ0n) is 12.1. The number of aryl methyl sites for hydroxylation is 2. The van der Waals surface area contributed by atoms with Crippen LogP contribution in [0.3, 0.4) is 0 Å². The van der Waals surface area contributed by atoms with Crippen LogP contribution < -0.4 is 0 Å². The van der Waals surface area contributed by atoms with Gasteiger partial charge in [0, 0.05) is 17.2 Å². The fraction of sp³-hybridized carbons (Fsp3) is 0.438. The lowest BCUT2D eigenvalue weighted by atomic mass is 9.96. The minimum absolute atomic E-state index is 0.0669. The Kier molecular flexibility index (Phi) is 4.05. The third kappa shape index (κ3) is 2.87. The first-order valence-corrected chi connectivity index (χ1v) is 6.77. The summed E-state index contributed by atoms with van der Waals surface area (Å²) in [6.45, 7) is 8.44. The van der Waals surface area contributed by atoms with Crippen molar-refractivity contribution in [2.75, 3.05) is 6.61 Å². The van der Waals surface area contributed by atoms with Gasteiger partial charge in [0.05, 0.1) is 12.3 Å². The van der Waals surface area contributed by atoms with E-state index in [1.54, 1.807) is 0 Å². The molecule has 1 atom stereocenters. The second-order valence-corrected chi connectivity index (χ2v) is 5.50. The smallest absolute Gasteiger partial charge is 0.112 e. The van der Waals surface area contributed by atoms with E-state index in [0.717, 1.165) is 22.8 Å². The molecule has 0 spiro atoms. The van der Waals surface area contributed by atoms with Crippen LogP contribution in [0.1, 0.15) is 36.8 Å². The Bertz CT molecular complexity index is 558. The van der Waals surface area contributed by atoms with Crippen molar-refractivity contribution >= 4 is 0 Å². The van der Waals surface area contributed by atoms with Crippen LogP contribution in [0.2, 0.25) is 0 Å². The van der Waals surface area contributed by atoms with Crippen LogP contribution in [-0.4, -0.2) is 21.7 Å². The first-order valence-electron chi connectivity index (χ1n) is 6.77. The predicted octanol–water partition coefficient (Wildman–Crippen LogP) is 3.43. The van der Waals surface area contributed by atoms with E-state index in [2.05, 4.69) is 44.0 Å². The molecule has 0 saturated carbocycles. The maximum Gasteiger partial charge on any atom is 0.112 e. The fourth-order valence-corrected chi connectivity index (χ4v) is 2.35. The van der Waals surface area contributed by atoms with Crippen LogP contribution in [0.4, 0.5) is 0 Å². The highest BCUT2D eigenvalue weighted by atomic mass is 16.3. The summed E-state index contributed by atoms with van der Waals surface area (Å²) in [7, 11) is 0. The van der Waals surface area contributed by atoms with Crippen LogP contribution in [-0.2, 0) is 0 Å². The number of nitrogens with one attached hydrogen (secondary N) is 1. The lowest BCUT2D eigenvalue weighted by Crippen LogP contribution is -2.12. The van der Waals surface area contributed by atoms with Gasteiger partial charge in [-0.05, 0) is 25.8 Å². The van der Waals surface area contributed by atoms with E-state index in [9.17, 15) is 5.11 Å². The SMILES string of the molecule is Cc1cccc(-c2nc(C(CO)C(C)C)[nH]c2C)c1. The molecule has 0 radical (unpaired) electrons. The first kappa shape index (κ1) is 13.8. The van der Waals surface area contributed by atoms with E-state index < -0.39 is 0 Å². The van der Waals surface area contributed by atoms with Crippen LogP contribution in [0.5, 0.6) is 0 Å². The molecule has 0 aliphatic carbocycles. The molecule has 3 heteroatoms. The van der Waals surface area contributed by atoms with Crippen molar-refractivity contribution in [2.24, 2.45) is 5.92 Å².